The van der Waals surface area contributed by atoms with E-state index in [2.05, 4.69) is 10.6 Å². The summed E-state index contributed by atoms with van der Waals surface area (Å²) < 4.78 is 24.3. The van der Waals surface area contributed by atoms with Gasteiger partial charge in [-0.15, -0.1) is 12.4 Å². The molecule has 1 saturated heterocycles. The van der Waals surface area contributed by atoms with E-state index in [0.717, 1.165) is 0 Å². The first-order valence-electron chi connectivity index (χ1n) is 5.45. The Balaban J connectivity index is 0.00000256. The number of carbonyl (C=O) groups excluding carboxylic acids is 1. The van der Waals surface area contributed by atoms with Crippen LogP contribution in [-0.4, -0.2) is 57.6 Å². The predicted molar refractivity (Wildman–Crippen MR) is 68.8 cm³/mol. The summed E-state index contributed by atoms with van der Waals surface area (Å²) in [5.74, 6) is 0.187. The van der Waals surface area contributed by atoms with Gasteiger partial charge in [-0.25, -0.2) is 12.7 Å². The van der Waals surface area contributed by atoms with Gasteiger partial charge in [0.05, 0.1) is 5.75 Å². The van der Waals surface area contributed by atoms with Crippen LogP contribution in [0.2, 0.25) is 0 Å². The van der Waals surface area contributed by atoms with Crippen molar-refractivity contribution in [3.8, 4) is 0 Å². The van der Waals surface area contributed by atoms with Gasteiger partial charge in [-0.3, -0.25) is 4.79 Å². The van der Waals surface area contributed by atoms with Crippen molar-refractivity contribution in [2.75, 3.05) is 39.0 Å². The van der Waals surface area contributed by atoms with Gasteiger partial charge in [0.1, 0.15) is 0 Å². The third kappa shape index (κ3) is 5.67. The van der Waals surface area contributed by atoms with E-state index in [-0.39, 0.29) is 24.1 Å². The minimum Gasteiger partial charge on any atom is -0.355 e. The first kappa shape index (κ1) is 16.6. The van der Waals surface area contributed by atoms with Crippen LogP contribution in [0.5, 0.6) is 0 Å². The van der Waals surface area contributed by atoms with Crippen LogP contribution < -0.4 is 10.6 Å². The number of carbonyl (C=O) groups is 1. The number of nitrogens with zero attached hydrogens (tertiary/aromatic N) is 1. The summed E-state index contributed by atoms with van der Waals surface area (Å²) in [5, 5.41) is 5.57. The molecular weight excluding hydrogens is 266 g/mol. The van der Waals surface area contributed by atoms with Crippen LogP contribution in [0.3, 0.4) is 0 Å². The van der Waals surface area contributed by atoms with Gasteiger partial charge in [0, 0.05) is 32.6 Å². The molecule has 0 aliphatic carbocycles. The minimum atomic E-state index is -3.03. The molecule has 0 aromatic heterocycles. The average molecular weight is 286 g/mol. The van der Waals surface area contributed by atoms with Gasteiger partial charge in [0.25, 0.3) is 0 Å². The number of rotatable bonds is 6. The van der Waals surface area contributed by atoms with E-state index in [1.54, 1.807) is 7.05 Å². The molecule has 0 aromatic carbocycles. The van der Waals surface area contributed by atoms with Crippen molar-refractivity contribution in [2.45, 2.75) is 12.8 Å². The highest BCUT2D eigenvalue weighted by Crippen LogP contribution is 2.11. The maximum Gasteiger partial charge on any atom is 0.221 e. The Kier molecular flexibility index (Phi) is 7.69. The summed E-state index contributed by atoms with van der Waals surface area (Å²) in [7, 11) is -1.25. The molecule has 0 radical (unpaired) electrons. The molecular formula is C9H20ClN3O3S. The number of amides is 1. The molecule has 2 N–H and O–H groups in total. The summed E-state index contributed by atoms with van der Waals surface area (Å²) in [6.07, 6.45) is 1.11. The van der Waals surface area contributed by atoms with Crippen molar-refractivity contribution < 1.29 is 13.2 Å². The lowest BCUT2D eigenvalue weighted by molar-refractivity contribution is -0.120. The molecule has 1 aliphatic rings. The van der Waals surface area contributed by atoms with Gasteiger partial charge in [0.15, 0.2) is 0 Å². The van der Waals surface area contributed by atoms with E-state index >= 15 is 0 Å². The fraction of sp³-hybridized carbons (Fsp3) is 0.889. The molecule has 8 heteroatoms. The SMILES string of the molecule is CNCCC(=O)NCCN1CCCS1(=O)=O.Cl. The van der Waals surface area contributed by atoms with Crippen LogP contribution in [0.15, 0.2) is 0 Å². The molecule has 102 valence electrons. The second-order valence-electron chi connectivity index (χ2n) is 3.77. The monoisotopic (exact) mass is 285 g/mol. The summed E-state index contributed by atoms with van der Waals surface area (Å²) >= 11 is 0. The Hall–Kier alpha value is -0.370. The lowest BCUT2D eigenvalue weighted by Gasteiger charge is -2.14. The number of halogens is 1. The normalized spacial score (nSPS) is 18.6. The highest BCUT2D eigenvalue weighted by molar-refractivity contribution is 7.89. The van der Waals surface area contributed by atoms with Gasteiger partial charge in [-0.2, -0.15) is 0 Å². The molecule has 17 heavy (non-hydrogen) atoms. The molecule has 1 heterocycles. The Morgan fingerprint density at radius 3 is 2.59 bits per heavy atom. The zero-order valence-electron chi connectivity index (χ0n) is 9.94. The lowest BCUT2D eigenvalue weighted by Crippen LogP contribution is -2.36. The lowest BCUT2D eigenvalue weighted by atomic mass is 10.4. The van der Waals surface area contributed by atoms with E-state index in [1.165, 1.54) is 4.31 Å². The first-order valence-corrected chi connectivity index (χ1v) is 7.06. The third-order valence-corrected chi connectivity index (χ3v) is 4.45. The van der Waals surface area contributed by atoms with E-state index in [1.807, 2.05) is 0 Å². The van der Waals surface area contributed by atoms with Crippen molar-refractivity contribution in [1.82, 2.24) is 14.9 Å². The summed E-state index contributed by atoms with van der Waals surface area (Å²) in [4.78, 5) is 11.2. The number of nitrogens with one attached hydrogen (secondary N) is 2. The van der Waals surface area contributed by atoms with Crippen molar-refractivity contribution >= 4 is 28.3 Å². The molecule has 0 unspecified atom stereocenters. The van der Waals surface area contributed by atoms with Crippen LogP contribution in [0.25, 0.3) is 0 Å². The minimum absolute atomic E-state index is 0. The van der Waals surface area contributed by atoms with Crippen LogP contribution in [-0.2, 0) is 14.8 Å². The van der Waals surface area contributed by atoms with Crippen LogP contribution >= 0.6 is 12.4 Å². The van der Waals surface area contributed by atoms with Crippen molar-refractivity contribution in [3.63, 3.8) is 0 Å². The van der Waals surface area contributed by atoms with Gasteiger partial charge >= 0.3 is 0 Å². The third-order valence-electron chi connectivity index (χ3n) is 2.49. The maximum atomic E-state index is 11.4. The molecule has 0 spiro atoms. The van der Waals surface area contributed by atoms with Crippen LogP contribution in [0.4, 0.5) is 0 Å². The van der Waals surface area contributed by atoms with Crippen molar-refractivity contribution in [3.05, 3.63) is 0 Å². The molecule has 1 rings (SSSR count). The average Bonchev–Trinajstić information content (AvgIpc) is 2.55. The number of hydrogen-bond donors (Lipinski definition) is 2. The highest BCUT2D eigenvalue weighted by atomic mass is 35.5. The van der Waals surface area contributed by atoms with Gasteiger partial charge < -0.3 is 10.6 Å². The van der Waals surface area contributed by atoms with Crippen molar-refractivity contribution in [1.29, 1.82) is 0 Å². The van der Waals surface area contributed by atoms with Crippen LogP contribution in [0, 0.1) is 0 Å². The molecule has 1 aliphatic heterocycles. The zero-order chi connectivity index (χ0) is 12.0. The Bertz CT molecular complexity index is 334. The molecule has 0 atom stereocenters. The maximum absolute atomic E-state index is 11.4. The molecule has 0 saturated carbocycles. The quantitative estimate of drug-likeness (QED) is 0.668. The topological polar surface area (TPSA) is 78.5 Å². The Labute approximate surface area is 109 Å². The highest BCUT2D eigenvalue weighted by Gasteiger charge is 2.27. The Morgan fingerprint density at radius 1 is 1.35 bits per heavy atom. The van der Waals surface area contributed by atoms with Crippen molar-refractivity contribution in [2.24, 2.45) is 0 Å². The second kappa shape index (κ2) is 7.86. The first-order chi connectivity index (χ1) is 7.56. The van der Waals surface area contributed by atoms with E-state index in [0.29, 0.717) is 39.0 Å². The van der Waals surface area contributed by atoms with E-state index < -0.39 is 10.0 Å². The summed E-state index contributed by atoms with van der Waals surface area (Å²) in [6.45, 7) is 1.98. The Morgan fingerprint density at radius 2 is 2.06 bits per heavy atom. The van der Waals surface area contributed by atoms with Gasteiger partial charge in [0.2, 0.25) is 15.9 Å². The second-order valence-corrected chi connectivity index (χ2v) is 5.86. The van der Waals surface area contributed by atoms with E-state index in [4.69, 9.17) is 0 Å². The molecule has 6 nitrogen and oxygen atoms in total. The zero-order valence-corrected chi connectivity index (χ0v) is 11.6. The molecule has 0 bridgehead atoms. The summed E-state index contributed by atoms with van der Waals surface area (Å²) in [6, 6.07) is 0. The van der Waals surface area contributed by atoms with Crippen LogP contribution in [0.1, 0.15) is 12.8 Å². The molecule has 1 amide bonds. The molecule has 1 fully saturated rings. The van der Waals surface area contributed by atoms with E-state index in [9.17, 15) is 13.2 Å². The van der Waals surface area contributed by atoms with Gasteiger partial charge in [-0.05, 0) is 13.5 Å². The largest absolute Gasteiger partial charge is 0.355 e. The summed E-state index contributed by atoms with van der Waals surface area (Å²) in [5.41, 5.74) is 0. The van der Waals surface area contributed by atoms with Gasteiger partial charge in [-0.1, -0.05) is 0 Å². The molecule has 0 aromatic rings. The fourth-order valence-electron chi connectivity index (χ4n) is 1.59. The number of hydrogen-bond acceptors (Lipinski definition) is 4. The predicted octanol–water partition coefficient (Wildman–Crippen LogP) is -0.831. The standard InChI is InChI=1S/C9H19N3O3S.ClH/c1-10-4-3-9(13)11-5-7-12-6-2-8-16(12,14)15;/h10H,2-8H2,1H3,(H,11,13);1H. The fourth-order valence-corrected chi connectivity index (χ4v) is 3.12. The number of sulfonamides is 1. The smallest absolute Gasteiger partial charge is 0.221 e.